The number of nitrogens with one attached hydrogen (secondary N) is 1. The highest BCUT2D eigenvalue weighted by molar-refractivity contribution is 6.31. The van der Waals surface area contributed by atoms with Gasteiger partial charge < -0.3 is 9.88 Å². The molecule has 7 heteroatoms. The number of imidazole rings is 1. The molecule has 1 aliphatic rings. The molecular formula is C23H24ClFN4O. The van der Waals surface area contributed by atoms with E-state index < -0.39 is 5.82 Å². The molecule has 3 aromatic rings. The lowest BCUT2D eigenvalue weighted by Gasteiger charge is -2.31. The Labute approximate surface area is 180 Å². The van der Waals surface area contributed by atoms with Gasteiger partial charge in [0.05, 0.1) is 11.6 Å². The monoisotopic (exact) mass is 426 g/mol. The van der Waals surface area contributed by atoms with Gasteiger partial charge in [-0.1, -0.05) is 41.9 Å². The number of carbonyl (C=O) groups is 1. The molecule has 1 aromatic heterocycles. The summed E-state index contributed by atoms with van der Waals surface area (Å²) in [5, 5.41) is 2.79. The second-order valence-corrected chi connectivity index (χ2v) is 8.07. The van der Waals surface area contributed by atoms with Gasteiger partial charge >= 0.3 is 0 Å². The molecule has 0 atom stereocenters. The maximum atomic E-state index is 13.2. The standard InChI is InChI=1S/C23H24ClFN4O/c24-20-14-19(6-7-21(20)25)27-22(30)16-28-11-8-17(9-12-28)15-29-13-10-26-23(29)18-4-2-1-3-5-18/h1-7,10,13-14,17H,8-9,11-12,15-16H2,(H,27,30). The molecule has 4 rings (SSSR count). The summed E-state index contributed by atoms with van der Waals surface area (Å²) in [6, 6.07) is 14.4. The molecule has 0 aliphatic carbocycles. The number of benzene rings is 2. The van der Waals surface area contributed by atoms with E-state index in [1.807, 2.05) is 30.6 Å². The first kappa shape index (κ1) is 20.6. The number of amides is 1. The summed E-state index contributed by atoms with van der Waals surface area (Å²) in [6.45, 7) is 3.00. The summed E-state index contributed by atoms with van der Waals surface area (Å²) in [7, 11) is 0. The van der Waals surface area contributed by atoms with E-state index in [1.165, 1.54) is 18.2 Å². The van der Waals surface area contributed by atoms with Crippen LogP contribution in [0.1, 0.15) is 12.8 Å². The summed E-state index contributed by atoms with van der Waals surface area (Å²) in [6.07, 6.45) is 5.95. The number of rotatable bonds is 6. The molecule has 30 heavy (non-hydrogen) atoms. The lowest BCUT2D eigenvalue weighted by Crippen LogP contribution is -2.40. The molecule has 1 saturated heterocycles. The van der Waals surface area contributed by atoms with E-state index in [9.17, 15) is 9.18 Å². The Morgan fingerprint density at radius 3 is 2.67 bits per heavy atom. The average molecular weight is 427 g/mol. The maximum Gasteiger partial charge on any atom is 0.238 e. The zero-order valence-electron chi connectivity index (χ0n) is 16.6. The summed E-state index contributed by atoms with van der Waals surface area (Å²) >= 11 is 5.77. The molecule has 5 nitrogen and oxygen atoms in total. The second-order valence-electron chi connectivity index (χ2n) is 7.67. The topological polar surface area (TPSA) is 50.2 Å². The van der Waals surface area contributed by atoms with Gasteiger partial charge in [-0.25, -0.2) is 9.37 Å². The zero-order chi connectivity index (χ0) is 20.9. The van der Waals surface area contributed by atoms with Crippen molar-refractivity contribution < 1.29 is 9.18 Å². The first-order valence-electron chi connectivity index (χ1n) is 10.1. The van der Waals surface area contributed by atoms with Gasteiger partial charge in [-0.15, -0.1) is 0 Å². The number of piperidine rings is 1. The third kappa shape index (κ3) is 5.07. The first-order chi connectivity index (χ1) is 14.6. The van der Waals surface area contributed by atoms with E-state index in [-0.39, 0.29) is 10.9 Å². The van der Waals surface area contributed by atoms with Gasteiger partial charge in [-0.05, 0) is 50.0 Å². The van der Waals surface area contributed by atoms with E-state index in [4.69, 9.17) is 11.6 Å². The summed E-state index contributed by atoms with van der Waals surface area (Å²) in [4.78, 5) is 19.0. The van der Waals surface area contributed by atoms with Crippen molar-refractivity contribution in [1.82, 2.24) is 14.5 Å². The fourth-order valence-corrected chi connectivity index (χ4v) is 4.07. The SMILES string of the molecule is O=C(CN1CCC(Cn2ccnc2-c2ccccc2)CC1)Nc1ccc(F)c(Cl)c1. The van der Waals surface area contributed by atoms with Gasteiger partial charge in [0, 0.05) is 30.2 Å². The minimum Gasteiger partial charge on any atom is -0.331 e. The van der Waals surface area contributed by atoms with Crippen LogP contribution in [-0.4, -0.2) is 40.0 Å². The van der Waals surface area contributed by atoms with Crippen molar-refractivity contribution in [1.29, 1.82) is 0 Å². The Bertz CT molecular complexity index is 999. The highest BCUT2D eigenvalue weighted by Gasteiger charge is 2.22. The van der Waals surface area contributed by atoms with Gasteiger partial charge in [0.1, 0.15) is 11.6 Å². The predicted molar refractivity (Wildman–Crippen MR) is 117 cm³/mol. The average Bonchev–Trinajstić information content (AvgIpc) is 3.21. The number of hydrogen-bond donors (Lipinski definition) is 1. The van der Waals surface area contributed by atoms with E-state index in [2.05, 4.69) is 31.9 Å². The molecule has 0 unspecified atom stereocenters. The van der Waals surface area contributed by atoms with E-state index in [0.29, 0.717) is 18.2 Å². The van der Waals surface area contributed by atoms with E-state index in [0.717, 1.165) is 43.9 Å². The Hall–Kier alpha value is -2.70. The summed E-state index contributed by atoms with van der Waals surface area (Å²) < 4.78 is 15.5. The Morgan fingerprint density at radius 2 is 1.93 bits per heavy atom. The third-order valence-electron chi connectivity index (χ3n) is 5.48. The molecule has 156 valence electrons. The number of carbonyl (C=O) groups excluding carboxylic acids is 1. The van der Waals surface area contributed by atoms with Crippen molar-refractivity contribution in [2.75, 3.05) is 25.0 Å². The molecule has 1 N–H and O–H groups in total. The molecular weight excluding hydrogens is 403 g/mol. The number of likely N-dealkylation sites (tertiary alicyclic amines) is 1. The predicted octanol–water partition coefficient (Wildman–Crippen LogP) is 4.69. The maximum absolute atomic E-state index is 13.2. The van der Waals surface area contributed by atoms with Gasteiger partial charge in [-0.2, -0.15) is 0 Å². The largest absolute Gasteiger partial charge is 0.331 e. The van der Waals surface area contributed by atoms with Crippen molar-refractivity contribution in [3.8, 4) is 11.4 Å². The Morgan fingerprint density at radius 1 is 1.17 bits per heavy atom. The summed E-state index contributed by atoms with van der Waals surface area (Å²) in [5.74, 6) is 0.939. The van der Waals surface area contributed by atoms with Crippen LogP contribution >= 0.6 is 11.6 Å². The van der Waals surface area contributed by atoms with Crippen LogP contribution in [0.15, 0.2) is 60.9 Å². The first-order valence-corrected chi connectivity index (χ1v) is 10.5. The van der Waals surface area contributed by atoms with Crippen LogP contribution in [0.3, 0.4) is 0 Å². The summed E-state index contributed by atoms with van der Waals surface area (Å²) in [5.41, 5.74) is 1.63. The number of aromatic nitrogens is 2. The van der Waals surface area contributed by atoms with Crippen LogP contribution in [0.25, 0.3) is 11.4 Å². The molecule has 2 aromatic carbocycles. The molecule has 0 spiro atoms. The van der Waals surface area contributed by atoms with Gasteiger partial charge in [0.25, 0.3) is 0 Å². The fourth-order valence-electron chi connectivity index (χ4n) is 3.89. The third-order valence-corrected chi connectivity index (χ3v) is 5.77. The number of halogens is 2. The Balaban J connectivity index is 1.27. The molecule has 0 saturated carbocycles. The molecule has 0 bridgehead atoms. The molecule has 0 radical (unpaired) electrons. The molecule has 2 heterocycles. The molecule has 1 fully saturated rings. The fraction of sp³-hybridized carbons (Fsp3) is 0.304. The molecule has 1 amide bonds. The van der Waals surface area contributed by atoms with Crippen LogP contribution in [-0.2, 0) is 11.3 Å². The van der Waals surface area contributed by atoms with Crippen molar-refractivity contribution in [3.05, 3.63) is 71.8 Å². The van der Waals surface area contributed by atoms with Crippen molar-refractivity contribution in [2.45, 2.75) is 19.4 Å². The van der Waals surface area contributed by atoms with Crippen LogP contribution in [0.2, 0.25) is 5.02 Å². The van der Waals surface area contributed by atoms with Crippen LogP contribution in [0.5, 0.6) is 0 Å². The zero-order valence-corrected chi connectivity index (χ0v) is 17.4. The van der Waals surface area contributed by atoms with Crippen LogP contribution < -0.4 is 5.32 Å². The van der Waals surface area contributed by atoms with Gasteiger partial charge in [-0.3, -0.25) is 9.69 Å². The van der Waals surface area contributed by atoms with Crippen molar-refractivity contribution >= 4 is 23.2 Å². The Kier molecular flexibility index (Phi) is 6.45. The smallest absolute Gasteiger partial charge is 0.238 e. The van der Waals surface area contributed by atoms with Gasteiger partial charge in [0.15, 0.2) is 0 Å². The number of anilines is 1. The minimum absolute atomic E-state index is 0.00277. The van der Waals surface area contributed by atoms with Crippen molar-refractivity contribution in [3.63, 3.8) is 0 Å². The van der Waals surface area contributed by atoms with E-state index >= 15 is 0 Å². The quantitative estimate of drug-likeness (QED) is 0.622. The number of hydrogen-bond acceptors (Lipinski definition) is 3. The lowest BCUT2D eigenvalue weighted by atomic mass is 9.96. The van der Waals surface area contributed by atoms with Crippen LogP contribution in [0.4, 0.5) is 10.1 Å². The normalized spacial score (nSPS) is 15.3. The van der Waals surface area contributed by atoms with Crippen LogP contribution in [0, 0.1) is 11.7 Å². The van der Waals surface area contributed by atoms with Gasteiger partial charge in [0.2, 0.25) is 5.91 Å². The number of nitrogens with zero attached hydrogens (tertiary/aromatic N) is 3. The van der Waals surface area contributed by atoms with E-state index in [1.54, 1.807) is 0 Å². The lowest BCUT2D eigenvalue weighted by molar-refractivity contribution is -0.117. The second kappa shape index (κ2) is 9.41. The molecule has 1 aliphatic heterocycles. The van der Waals surface area contributed by atoms with Crippen molar-refractivity contribution in [2.24, 2.45) is 5.92 Å². The minimum atomic E-state index is -0.495. The highest BCUT2D eigenvalue weighted by atomic mass is 35.5. The highest BCUT2D eigenvalue weighted by Crippen LogP contribution is 2.24.